The summed E-state index contributed by atoms with van der Waals surface area (Å²) >= 11 is 0. The predicted octanol–water partition coefficient (Wildman–Crippen LogP) is 2.38. The van der Waals surface area contributed by atoms with E-state index in [2.05, 4.69) is 5.32 Å². The highest BCUT2D eigenvalue weighted by Gasteiger charge is 2.23. The molecule has 4 rings (SSSR count). The van der Waals surface area contributed by atoms with Crippen LogP contribution in [0.2, 0.25) is 0 Å². The molecule has 26 heavy (non-hydrogen) atoms. The lowest BCUT2D eigenvalue weighted by molar-refractivity contribution is -0.117. The smallest absolute Gasteiger partial charge is 0.251 e. The maximum absolute atomic E-state index is 12.5. The number of hydrogen-bond acceptors (Lipinski definition) is 4. The molecule has 6 nitrogen and oxygen atoms in total. The van der Waals surface area contributed by atoms with Gasteiger partial charge < -0.3 is 19.7 Å². The summed E-state index contributed by atoms with van der Waals surface area (Å²) in [4.78, 5) is 26.1. The lowest BCUT2D eigenvalue weighted by Crippen LogP contribution is -2.40. The molecule has 6 heteroatoms. The number of carbonyl (C=O) groups is 2. The predicted molar refractivity (Wildman–Crippen MR) is 96.7 cm³/mol. The van der Waals surface area contributed by atoms with Crippen molar-refractivity contribution in [1.29, 1.82) is 0 Å². The summed E-state index contributed by atoms with van der Waals surface area (Å²) in [6.07, 6.45) is 1.18. The Hall–Kier alpha value is -3.02. The minimum Gasteiger partial charge on any atom is -0.486 e. The summed E-state index contributed by atoms with van der Waals surface area (Å²) in [5.74, 6) is 1.32. The van der Waals surface area contributed by atoms with E-state index in [1.165, 1.54) is 0 Å². The zero-order chi connectivity index (χ0) is 17.9. The number of rotatable bonds is 4. The number of para-hydroxylation sites is 2. The highest BCUT2D eigenvalue weighted by atomic mass is 16.6. The average Bonchev–Trinajstić information content (AvgIpc) is 3.12. The summed E-state index contributed by atoms with van der Waals surface area (Å²) in [7, 11) is 0. The van der Waals surface area contributed by atoms with Gasteiger partial charge in [-0.3, -0.25) is 9.59 Å². The molecular formula is C20H20N2O4. The van der Waals surface area contributed by atoms with E-state index in [0.717, 1.165) is 17.9 Å². The van der Waals surface area contributed by atoms with E-state index in [9.17, 15) is 9.59 Å². The van der Waals surface area contributed by atoms with Gasteiger partial charge in [0.2, 0.25) is 5.91 Å². The number of anilines is 1. The topological polar surface area (TPSA) is 67.9 Å². The first-order valence-electron chi connectivity index (χ1n) is 8.78. The molecule has 0 saturated carbocycles. The molecule has 0 aromatic heterocycles. The summed E-state index contributed by atoms with van der Waals surface area (Å²) in [6.45, 7) is 1.44. The van der Waals surface area contributed by atoms with E-state index in [-0.39, 0.29) is 17.9 Å². The average molecular weight is 352 g/mol. The van der Waals surface area contributed by atoms with Gasteiger partial charge in [0.15, 0.2) is 11.5 Å². The highest BCUT2D eigenvalue weighted by Crippen LogP contribution is 2.30. The van der Waals surface area contributed by atoms with E-state index in [0.29, 0.717) is 37.4 Å². The molecule has 0 spiro atoms. The van der Waals surface area contributed by atoms with Crippen LogP contribution >= 0.6 is 0 Å². The summed E-state index contributed by atoms with van der Waals surface area (Å²) in [6, 6.07) is 14.6. The lowest BCUT2D eigenvalue weighted by atomic mass is 10.1. The van der Waals surface area contributed by atoms with E-state index in [1.54, 1.807) is 23.1 Å². The van der Waals surface area contributed by atoms with Gasteiger partial charge in [-0.05, 0) is 36.8 Å². The van der Waals surface area contributed by atoms with Crippen molar-refractivity contribution in [2.45, 2.75) is 18.9 Å². The first kappa shape index (κ1) is 16.4. The molecule has 1 N–H and O–H groups in total. The molecule has 134 valence electrons. The van der Waals surface area contributed by atoms with Crippen LogP contribution < -0.4 is 19.7 Å². The number of hydrogen-bond donors (Lipinski definition) is 1. The normalized spacial score (nSPS) is 18.7. The standard InChI is InChI=1S/C20H20N2O4/c23-19-9-4-10-22(19)15-6-3-5-14(11-15)20(24)21-12-16-13-25-17-7-1-2-8-18(17)26-16/h1-3,5-8,11,16H,4,9-10,12-13H2,(H,21,24). The van der Waals surface area contributed by atoms with Crippen molar-refractivity contribution in [3.05, 3.63) is 54.1 Å². The van der Waals surface area contributed by atoms with Gasteiger partial charge in [-0.1, -0.05) is 18.2 Å². The number of nitrogens with one attached hydrogen (secondary N) is 1. The fraction of sp³-hybridized carbons (Fsp3) is 0.300. The van der Waals surface area contributed by atoms with Gasteiger partial charge in [0.05, 0.1) is 6.54 Å². The molecule has 2 aromatic rings. The number of carbonyl (C=O) groups excluding carboxylic acids is 2. The molecule has 1 saturated heterocycles. The Kier molecular flexibility index (Phi) is 4.48. The molecule has 2 heterocycles. The molecule has 1 fully saturated rings. The van der Waals surface area contributed by atoms with Crippen LogP contribution in [0.25, 0.3) is 0 Å². The lowest BCUT2D eigenvalue weighted by Gasteiger charge is -2.26. The van der Waals surface area contributed by atoms with Crippen LogP contribution in [0.3, 0.4) is 0 Å². The van der Waals surface area contributed by atoms with Gasteiger partial charge in [-0.25, -0.2) is 0 Å². The highest BCUT2D eigenvalue weighted by molar-refractivity contribution is 5.99. The number of benzene rings is 2. The van der Waals surface area contributed by atoms with Crippen LogP contribution in [-0.2, 0) is 4.79 Å². The van der Waals surface area contributed by atoms with Crippen molar-refractivity contribution in [2.24, 2.45) is 0 Å². The van der Waals surface area contributed by atoms with E-state index in [4.69, 9.17) is 9.47 Å². The second-order valence-electron chi connectivity index (χ2n) is 6.41. The van der Waals surface area contributed by atoms with Gasteiger partial charge in [-0.2, -0.15) is 0 Å². The van der Waals surface area contributed by atoms with Crippen LogP contribution in [0.5, 0.6) is 11.5 Å². The molecule has 0 bridgehead atoms. The zero-order valence-corrected chi connectivity index (χ0v) is 14.3. The fourth-order valence-electron chi connectivity index (χ4n) is 3.21. The van der Waals surface area contributed by atoms with Gasteiger partial charge in [0, 0.05) is 24.2 Å². The first-order valence-corrected chi connectivity index (χ1v) is 8.78. The third kappa shape index (κ3) is 3.35. The van der Waals surface area contributed by atoms with E-state index < -0.39 is 0 Å². The maximum Gasteiger partial charge on any atom is 0.251 e. The molecular weight excluding hydrogens is 332 g/mol. The van der Waals surface area contributed by atoms with Crippen molar-refractivity contribution >= 4 is 17.5 Å². The monoisotopic (exact) mass is 352 g/mol. The van der Waals surface area contributed by atoms with Crippen molar-refractivity contribution in [2.75, 3.05) is 24.6 Å². The SMILES string of the molecule is O=C(NCC1COc2ccccc2O1)c1cccc(N2CCCC2=O)c1. The molecule has 1 unspecified atom stereocenters. The number of amides is 2. The van der Waals surface area contributed by atoms with Gasteiger partial charge in [0.25, 0.3) is 5.91 Å². The third-order valence-electron chi connectivity index (χ3n) is 4.55. The van der Waals surface area contributed by atoms with Crippen LogP contribution in [0, 0.1) is 0 Å². The summed E-state index contributed by atoms with van der Waals surface area (Å²) in [5.41, 5.74) is 1.30. The zero-order valence-electron chi connectivity index (χ0n) is 14.3. The Morgan fingerprint density at radius 1 is 1.15 bits per heavy atom. The number of fused-ring (bicyclic) bond motifs is 1. The second-order valence-corrected chi connectivity index (χ2v) is 6.41. The Balaban J connectivity index is 1.38. The largest absolute Gasteiger partial charge is 0.486 e. The van der Waals surface area contributed by atoms with Gasteiger partial charge >= 0.3 is 0 Å². The number of nitrogens with zero attached hydrogens (tertiary/aromatic N) is 1. The first-order chi connectivity index (χ1) is 12.7. The van der Waals surface area contributed by atoms with Crippen LogP contribution in [0.1, 0.15) is 23.2 Å². The van der Waals surface area contributed by atoms with Crippen molar-refractivity contribution in [3.8, 4) is 11.5 Å². The molecule has 2 aliphatic rings. The minimum atomic E-state index is -0.239. The van der Waals surface area contributed by atoms with E-state index >= 15 is 0 Å². The Morgan fingerprint density at radius 3 is 2.81 bits per heavy atom. The second kappa shape index (κ2) is 7.07. The summed E-state index contributed by atoms with van der Waals surface area (Å²) in [5, 5.41) is 2.88. The minimum absolute atomic E-state index is 0.106. The van der Waals surface area contributed by atoms with Crippen LogP contribution in [0.4, 0.5) is 5.69 Å². The van der Waals surface area contributed by atoms with Crippen molar-refractivity contribution in [3.63, 3.8) is 0 Å². The number of ether oxygens (including phenoxy) is 2. The fourth-order valence-corrected chi connectivity index (χ4v) is 3.21. The van der Waals surface area contributed by atoms with Crippen molar-refractivity contribution in [1.82, 2.24) is 5.32 Å². The van der Waals surface area contributed by atoms with Gasteiger partial charge in [0.1, 0.15) is 12.7 Å². The van der Waals surface area contributed by atoms with E-state index in [1.807, 2.05) is 30.3 Å². The van der Waals surface area contributed by atoms with Gasteiger partial charge in [-0.15, -0.1) is 0 Å². The summed E-state index contributed by atoms with van der Waals surface area (Å²) < 4.78 is 11.5. The molecule has 2 aromatic carbocycles. The van der Waals surface area contributed by atoms with Crippen LogP contribution in [0.15, 0.2) is 48.5 Å². The molecule has 0 radical (unpaired) electrons. The Labute approximate surface area is 151 Å². The molecule has 1 atom stereocenters. The van der Waals surface area contributed by atoms with Crippen LogP contribution in [-0.4, -0.2) is 37.6 Å². The molecule has 2 amide bonds. The quantitative estimate of drug-likeness (QED) is 0.917. The maximum atomic E-state index is 12.5. The van der Waals surface area contributed by atoms with Crippen molar-refractivity contribution < 1.29 is 19.1 Å². The Bertz CT molecular complexity index is 836. The molecule has 2 aliphatic heterocycles. The molecule has 0 aliphatic carbocycles. The third-order valence-corrected chi connectivity index (χ3v) is 4.55. The Morgan fingerprint density at radius 2 is 2.00 bits per heavy atom.